The number of hydrogen-bond donors (Lipinski definition) is 1. The highest BCUT2D eigenvalue weighted by molar-refractivity contribution is 6.18. The topological polar surface area (TPSA) is 54.4 Å². The molecular formula is C20H29ClO3. The molecule has 0 fully saturated rings. The van der Waals surface area contributed by atoms with Gasteiger partial charge >= 0.3 is 5.97 Å². The second-order valence-corrected chi connectivity index (χ2v) is 6.76. The molecule has 0 aliphatic carbocycles. The monoisotopic (exact) mass is 352 g/mol. The van der Waals surface area contributed by atoms with Gasteiger partial charge in [-0.1, -0.05) is 63.8 Å². The number of Topliss-reactive ketones (excluding diaryl/α,β-unsaturated/α-hetero) is 1. The summed E-state index contributed by atoms with van der Waals surface area (Å²) in [5.41, 5.74) is 1.41. The van der Waals surface area contributed by atoms with Crippen LogP contribution in [0.2, 0.25) is 0 Å². The highest BCUT2D eigenvalue weighted by atomic mass is 35.5. The lowest BCUT2D eigenvalue weighted by Crippen LogP contribution is -2.16. The van der Waals surface area contributed by atoms with Crippen LogP contribution in [0.15, 0.2) is 24.3 Å². The number of ketones is 1. The number of hydrogen-bond acceptors (Lipinski definition) is 2. The first-order valence-electron chi connectivity index (χ1n) is 8.95. The number of benzene rings is 1. The Morgan fingerprint density at radius 2 is 1.79 bits per heavy atom. The van der Waals surface area contributed by atoms with Crippen LogP contribution < -0.4 is 0 Å². The highest BCUT2D eigenvalue weighted by Crippen LogP contribution is 2.29. The molecule has 134 valence electrons. The standard InChI is InChI=1S/C20H29ClO3/c1-3-5-7-15(4-2)14-18(20(23)24)16-9-11-17(12-10-16)19(22)8-6-13-21/h9-12,15,18H,3-8,13-14H2,1-2H3,(H,23,24). The molecule has 0 amide bonds. The van der Waals surface area contributed by atoms with Crippen LogP contribution in [0.5, 0.6) is 0 Å². The Balaban J connectivity index is 2.81. The van der Waals surface area contributed by atoms with Crippen LogP contribution in [-0.4, -0.2) is 22.7 Å². The maximum Gasteiger partial charge on any atom is 0.310 e. The first kappa shape index (κ1) is 20.7. The maximum atomic E-state index is 12.0. The van der Waals surface area contributed by atoms with Gasteiger partial charge in [-0.3, -0.25) is 9.59 Å². The second-order valence-electron chi connectivity index (χ2n) is 6.38. The minimum absolute atomic E-state index is 0.0588. The lowest BCUT2D eigenvalue weighted by Gasteiger charge is -2.20. The zero-order valence-corrected chi connectivity index (χ0v) is 15.5. The Morgan fingerprint density at radius 1 is 1.12 bits per heavy atom. The Bertz CT molecular complexity index is 510. The number of carboxylic acids is 1. The predicted octanol–water partition coefficient (Wildman–Crippen LogP) is 5.66. The van der Waals surface area contributed by atoms with Crippen molar-refractivity contribution in [2.45, 2.75) is 64.7 Å². The maximum absolute atomic E-state index is 12.0. The molecule has 0 bridgehead atoms. The van der Waals surface area contributed by atoms with Gasteiger partial charge in [-0.2, -0.15) is 0 Å². The van der Waals surface area contributed by atoms with Crippen molar-refractivity contribution in [2.75, 3.05) is 5.88 Å². The number of alkyl halides is 1. The molecule has 0 aromatic heterocycles. The largest absolute Gasteiger partial charge is 0.481 e. The van der Waals surface area contributed by atoms with E-state index in [2.05, 4.69) is 13.8 Å². The predicted molar refractivity (Wildman–Crippen MR) is 99.0 cm³/mol. The fourth-order valence-corrected chi connectivity index (χ4v) is 3.10. The van der Waals surface area contributed by atoms with Gasteiger partial charge in [-0.05, 0) is 24.3 Å². The van der Waals surface area contributed by atoms with E-state index in [4.69, 9.17) is 11.6 Å². The lowest BCUT2D eigenvalue weighted by molar-refractivity contribution is -0.139. The van der Waals surface area contributed by atoms with Gasteiger partial charge in [0, 0.05) is 17.9 Å². The van der Waals surface area contributed by atoms with Crippen molar-refractivity contribution in [3.8, 4) is 0 Å². The van der Waals surface area contributed by atoms with E-state index >= 15 is 0 Å². The van der Waals surface area contributed by atoms with E-state index < -0.39 is 11.9 Å². The molecule has 0 heterocycles. The Kier molecular flexibility index (Phi) is 9.70. The second kappa shape index (κ2) is 11.2. The summed E-state index contributed by atoms with van der Waals surface area (Å²) >= 11 is 5.62. The minimum Gasteiger partial charge on any atom is -0.481 e. The van der Waals surface area contributed by atoms with E-state index in [0.29, 0.717) is 36.6 Å². The zero-order valence-electron chi connectivity index (χ0n) is 14.8. The molecule has 1 N–H and O–H groups in total. The molecule has 0 spiro atoms. The van der Waals surface area contributed by atoms with Gasteiger partial charge in [-0.15, -0.1) is 11.6 Å². The van der Waals surface area contributed by atoms with Crippen molar-refractivity contribution in [1.29, 1.82) is 0 Å². The molecule has 24 heavy (non-hydrogen) atoms. The third-order valence-electron chi connectivity index (χ3n) is 4.58. The van der Waals surface area contributed by atoms with E-state index in [1.807, 2.05) is 0 Å². The van der Waals surface area contributed by atoms with Gasteiger partial charge in [-0.25, -0.2) is 0 Å². The molecule has 0 saturated heterocycles. The van der Waals surface area contributed by atoms with E-state index in [1.165, 1.54) is 0 Å². The number of unbranched alkanes of at least 4 members (excludes halogenated alkanes) is 1. The van der Waals surface area contributed by atoms with Gasteiger partial charge in [0.1, 0.15) is 0 Å². The van der Waals surface area contributed by atoms with Crippen molar-refractivity contribution in [2.24, 2.45) is 5.92 Å². The SMILES string of the molecule is CCCCC(CC)CC(C(=O)O)c1ccc(C(=O)CCCCl)cc1. The average Bonchev–Trinajstić information content (AvgIpc) is 2.59. The molecule has 0 radical (unpaired) electrons. The molecule has 0 saturated carbocycles. The number of halogens is 1. The first-order chi connectivity index (χ1) is 11.5. The summed E-state index contributed by atoms with van der Waals surface area (Å²) in [5, 5.41) is 9.61. The fraction of sp³-hybridized carbons (Fsp3) is 0.600. The zero-order chi connectivity index (χ0) is 17.9. The van der Waals surface area contributed by atoms with Gasteiger partial charge < -0.3 is 5.11 Å². The number of carbonyl (C=O) groups is 2. The minimum atomic E-state index is -0.786. The van der Waals surface area contributed by atoms with Crippen LogP contribution in [0.3, 0.4) is 0 Å². The number of aliphatic carboxylic acids is 1. The number of carboxylic acid groups (broad SMARTS) is 1. The Labute approximate surface area is 150 Å². The summed E-state index contributed by atoms with van der Waals surface area (Å²) in [6, 6.07) is 7.07. The van der Waals surface area contributed by atoms with E-state index in [0.717, 1.165) is 31.2 Å². The normalized spacial score (nSPS) is 13.5. The van der Waals surface area contributed by atoms with Crippen molar-refractivity contribution >= 4 is 23.4 Å². The summed E-state index contributed by atoms with van der Waals surface area (Å²) in [6.45, 7) is 4.28. The fourth-order valence-electron chi connectivity index (χ4n) is 2.97. The molecule has 2 unspecified atom stereocenters. The summed E-state index contributed by atoms with van der Waals surface area (Å²) in [4.78, 5) is 23.7. The van der Waals surface area contributed by atoms with E-state index in [9.17, 15) is 14.7 Å². The van der Waals surface area contributed by atoms with Gasteiger partial charge in [0.05, 0.1) is 5.92 Å². The molecule has 3 nitrogen and oxygen atoms in total. The molecular weight excluding hydrogens is 324 g/mol. The molecule has 1 aromatic rings. The third kappa shape index (κ3) is 6.64. The summed E-state index contributed by atoms with van der Waals surface area (Å²) in [7, 11) is 0. The van der Waals surface area contributed by atoms with Gasteiger partial charge in [0.15, 0.2) is 5.78 Å². The average molecular weight is 353 g/mol. The lowest BCUT2D eigenvalue weighted by atomic mass is 9.84. The molecule has 0 aliphatic heterocycles. The molecule has 2 atom stereocenters. The van der Waals surface area contributed by atoms with Crippen LogP contribution in [0.4, 0.5) is 0 Å². The molecule has 4 heteroatoms. The Hall–Kier alpha value is -1.35. The summed E-state index contributed by atoms with van der Waals surface area (Å²) < 4.78 is 0. The smallest absolute Gasteiger partial charge is 0.310 e. The molecule has 0 aliphatic rings. The number of carbonyl (C=O) groups excluding carboxylic acids is 1. The summed E-state index contributed by atoms with van der Waals surface area (Å²) in [5.74, 6) is -0.328. The van der Waals surface area contributed by atoms with Crippen molar-refractivity contribution < 1.29 is 14.7 Å². The Morgan fingerprint density at radius 3 is 2.29 bits per heavy atom. The van der Waals surface area contributed by atoms with Crippen molar-refractivity contribution in [3.63, 3.8) is 0 Å². The quantitative estimate of drug-likeness (QED) is 0.390. The van der Waals surface area contributed by atoms with Gasteiger partial charge in [0.25, 0.3) is 0 Å². The van der Waals surface area contributed by atoms with Crippen molar-refractivity contribution in [1.82, 2.24) is 0 Å². The molecule has 1 rings (SSSR count). The molecule has 1 aromatic carbocycles. The van der Waals surface area contributed by atoms with E-state index in [1.54, 1.807) is 24.3 Å². The van der Waals surface area contributed by atoms with Crippen molar-refractivity contribution in [3.05, 3.63) is 35.4 Å². The highest BCUT2D eigenvalue weighted by Gasteiger charge is 2.23. The summed E-state index contributed by atoms with van der Waals surface area (Å²) in [6.07, 6.45) is 6.10. The number of rotatable bonds is 12. The first-order valence-corrected chi connectivity index (χ1v) is 9.48. The van der Waals surface area contributed by atoms with Crippen LogP contribution >= 0.6 is 11.6 Å². The third-order valence-corrected chi connectivity index (χ3v) is 4.85. The van der Waals surface area contributed by atoms with Crippen LogP contribution in [0.25, 0.3) is 0 Å². The van der Waals surface area contributed by atoms with Gasteiger partial charge in [0.2, 0.25) is 0 Å². The van der Waals surface area contributed by atoms with Crippen LogP contribution in [-0.2, 0) is 4.79 Å². The van der Waals surface area contributed by atoms with E-state index in [-0.39, 0.29) is 5.78 Å². The van der Waals surface area contributed by atoms with Crippen LogP contribution in [0.1, 0.15) is 80.6 Å². The van der Waals surface area contributed by atoms with Crippen LogP contribution in [0, 0.1) is 5.92 Å².